The van der Waals surface area contributed by atoms with Crippen LogP contribution in [-0.2, 0) is 6.54 Å². The zero-order valence-corrected chi connectivity index (χ0v) is 19.2. The minimum Gasteiger partial charge on any atom is -0.337 e. The molecular formula is C26H28N6O. The Morgan fingerprint density at radius 2 is 1.91 bits per heavy atom. The molecule has 5 rings (SSSR count). The molecule has 0 bridgehead atoms. The van der Waals surface area contributed by atoms with Crippen molar-refractivity contribution >= 4 is 23.8 Å². The van der Waals surface area contributed by atoms with Gasteiger partial charge in [0.05, 0.1) is 12.2 Å². The summed E-state index contributed by atoms with van der Waals surface area (Å²) in [5.74, 6) is 0.593. The van der Waals surface area contributed by atoms with Crippen molar-refractivity contribution in [3.8, 4) is 11.3 Å². The number of benzene rings is 2. The lowest BCUT2D eigenvalue weighted by Gasteiger charge is -2.32. The molecule has 1 fully saturated rings. The first kappa shape index (κ1) is 21.3. The Morgan fingerprint density at radius 1 is 1.12 bits per heavy atom. The van der Waals surface area contributed by atoms with Crippen LogP contribution in [0.2, 0.25) is 0 Å². The molecule has 33 heavy (non-hydrogen) atoms. The van der Waals surface area contributed by atoms with Crippen LogP contribution in [0, 0.1) is 0 Å². The minimum atomic E-state index is 0.0312. The zero-order chi connectivity index (χ0) is 23.0. The van der Waals surface area contributed by atoms with Gasteiger partial charge in [-0.1, -0.05) is 24.3 Å². The van der Waals surface area contributed by atoms with Crippen LogP contribution in [0.4, 0.5) is 11.6 Å². The van der Waals surface area contributed by atoms with Gasteiger partial charge in [0, 0.05) is 59.0 Å². The number of carbonyl (C=O) groups is 1. The van der Waals surface area contributed by atoms with Crippen molar-refractivity contribution in [1.82, 2.24) is 19.8 Å². The number of nitrogens with zero attached hydrogens (tertiary/aromatic N) is 5. The zero-order valence-electron chi connectivity index (χ0n) is 19.2. The van der Waals surface area contributed by atoms with Crippen LogP contribution in [0.15, 0.2) is 59.7 Å². The van der Waals surface area contributed by atoms with Gasteiger partial charge in [-0.15, -0.1) is 0 Å². The Kier molecular flexibility index (Phi) is 5.42. The lowest BCUT2D eigenvalue weighted by molar-refractivity contribution is 0.0760. The summed E-state index contributed by atoms with van der Waals surface area (Å²) < 4.78 is 0. The van der Waals surface area contributed by atoms with Gasteiger partial charge in [0.1, 0.15) is 0 Å². The maximum Gasteiger partial charge on any atom is 0.253 e. The summed E-state index contributed by atoms with van der Waals surface area (Å²) >= 11 is 0. The number of rotatable bonds is 4. The molecule has 3 aromatic rings. The number of aliphatic imine (C=N–C) groups is 1. The smallest absolute Gasteiger partial charge is 0.253 e. The fourth-order valence-corrected chi connectivity index (χ4v) is 4.37. The van der Waals surface area contributed by atoms with Crippen molar-refractivity contribution in [1.29, 1.82) is 0 Å². The summed E-state index contributed by atoms with van der Waals surface area (Å²) in [6.07, 6.45) is 4.70. The molecule has 2 aliphatic heterocycles. The maximum atomic E-state index is 13.0. The standard InChI is InChI=1S/C26H28N6O/c1-26(31(2)3)12-13-32(17-26)24(33)18-8-10-21(11-9-18)29-25-28-16-20-15-27-14-19-6-4-5-7-22(19)23(20)30-25/h4-11,14,16H,12-13,15,17H2,1-3H3,(H,28,29,30). The summed E-state index contributed by atoms with van der Waals surface area (Å²) in [5.41, 5.74) is 5.56. The number of nitrogens with one attached hydrogen (secondary N) is 1. The van der Waals surface area contributed by atoms with Crippen LogP contribution >= 0.6 is 0 Å². The van der Waals surface area contributed by atoms with Crippen LogP contribution < -0.4 is 5.32 Å². The van der Waals surface area contributed by atoms with Crippen LogP contribution in [-0.4, -0.2) is 64.6 Å². The van der Waals surface area contributed by atoms with E-state index >= 15 is 0 Å². The second-order valence-corrected chi connectivity index (χ2v) is 9.19. The maximum absolute atomic E-state index is 13.0. The Balaban J connectivity index is 1.32. The van der Waals surface area contributed by atoms with Crippen molar-refractivity contribution in [3.63, 3.8) is 0 Å². The molecule has 1 N–H and O–H groups in total. The fraction of sp³-hybridized carbons (Fsp3) is 0.308. The van der Waals surface area contributed by atoms with Crippen LogP contribution in [0.25, 0.3) is 11.3 Å². The van der Waals surface area contributed by atoms with Gasteiger partial charge >= 0.3 is 0 Å². The number of hydrogen-bond donors (Lipinski definition) is 1. The van der Waals surface area contributed by atoms with E-state index in [9.17, 15) is 4.79 Å². The lowest BCUT2D eigenvalue weighted by Crippen LogP contribution is -2.44. The molecule has 7 heteroatoms. The topological polar surface area (TPSA) is 73.7 Å². The molecule has 2 aromatic carbocycles. The molecule has 1 saturated heterocycles. The number of aromatic nitrogens is 2. The monoisotopic (exact) mass is 440 g/mol. The molecule has 1 atom stereocenters. The van der Waals surface area contributed by atoms with E-state index in [0.29, 0.717) is 18.1 Å². The summed E-state index contributed by atoms with van der Waals surface area (Å²) in [6, 6.07) is 15.6. The first-order chi connectivity index (χ1) is 15.9. The molecule has 2 aliphatic rings. The fourth-order valence-electron chi connectivity index (χ4n) is 4.37. The average Bonchev–Trinajstić information content (AvgIpc) is 3.14. The second kappa shape index (κ2) is 8.41. The summed E-state index contributed by atoms with van der Waals surface area (Å²) in [7, 11) is 4.15. The van der Waals surface area contributed by atoms with Gasteiger partial charge in [0.15, 0.2) is 0 Å². The van der Waals surface area contributed by atoms with Gasteiger partial charge in [0.2, 0.25) is 5.95 Å². The third-order valence-electron chi connectivity index (χ3n) is 6.78. The second-order valence-electron chi connectivity index (χ2n) is 9.19. The molecule has 3 heterocycles. The molecule has 0 saturated carbocycles. The molecule has 0 radical (unpaired) electrons. The van der Waals surface area contributed by atoms with E-state index in [4.69, 9.17) is 4.98 Å². The van der Waals surface area contributed by atoms with E-state index in [-0.39, 0.29) is 11.4 Å². The lowest BCUT2D eigenvalue weighted by atomic mass is 10.0. The van der Waals surface area contributed by atoms with E-state index < -0.39 is 0 Å². The van der Waals surface area contributed by atoms with Gasteiger partial charge in [-0.2, -0.15) is 0 Å². The number of amides is 1. The predicted molar refractivity (Wildman–Crippen MR) is 131 cm³/mol. The Bertz CT molecular complexity index is 1220. The van der Waals surface area contributed by atoms with Crippen molar-refractivity contribution in [2.75, 3.05) is 32.5 Å². The summed E-state index contributed by atoms with van der Waals surface area (Å²) in [6.45, 7) is 4.29. The van der Waals surface area contributed by atoms with Crippen molar-refractivity contribution in [3.05, 3.63) is 71.4 Å². The molecule has 1 aromatic heterocycles. The van der Waals surface area contributed by atoms with Gasteiger partial charge in [-0.3, -0.25) is 9.79 Å². The molecule has 1 amide bonds. The molecule has 1 unspecified atom stereocenters. The highest BCUT2D eigenvalue weighted by atomic mass is 16.2. The highest BCUT2D eigenvalue weighted by molar-refractivity contribution is 5.95. The SMILES string of the molecule is CN(C)C1(C)CCN(C(=O)c2ccc(Nc3ncc4c(n3)-c3ccccc3C=NC4)cc2)C1. The van der Waals surface area contributed by atoms with E-state index in [2.05, 4.69) is 47.3 Å². The van der Waals surface area contributed by atoms with Crippen molar-refractivity contribution < 1.29 is 4.79 Å². The molecule has 168 valence electrons. The molecule has 0 spiro atoms. The first-order valence-electron chi connectivity index (χ1n) is 11.2. The highest BCUT2D eigenvalue weighted by Gasteiger charge is 2.37. The minimum absolute atomic E-state index is 0.0312. The van der Waals surface area contributed by atoms with Crippen molar-refractivity contribution in [2.45, 2.75) is 25.4 Å². The van der Waals surface area contributed by atoms with E-state index in [0.717, 1.165) is 47.6 Å². The molecular weight excluding hydrogens is 412 g/mol. The highest BCUT2D eigenvalue weighted by Crippen LogP contribution is 2.29. The average molecular weight is 441 g/mol. The number of likely N-dealkylation sites (tertiary alicyclic amines) is 1. The Labute approximate surface area is 194 Å². The number of likely N-dealkylation sites (N-methyl/N-ethyl adjacent to an activating group) is 1. The number of fused-ring (bicyclic) bond motifs is 3. The van der Waals surface area contributed by atoms with E-state index in [1.54, 1.807) is 0 Å². The van der Waals surface area contributed by atoms with Gasteiger partial charge in [-0.25, -0.2) is 9.97 Å². The molecule has 0 aliphatic carbocycles. The van der Waals surface area contributed by atoms with Crippen molar-refractivity contribution in [2.24, 2.45) is 4.99 Å². The van der Waals surface area contributed by atoms with Crippen LogP contribution in [0.3, 0.4) is 0 Å². The quantitative estimate of drug-likeness (QED) is 0.664. The summed E-state index contributed by atoms with van der Waals surface area (Å²) in [4.78, 5) is 30.9. The van der Waals surface area contributed by atoms with Gasteiger partial charge in [0.25, 0.3) is 5.91 Å². The first-order valence-corrected chi connectivity index (χ1v) is 11.2. The van der Waals surface area contributed by atoms with E-state index in [1.165, 1.54) is 0 Å². The normalized spacial score (nSPS) is 19.2. The third kappa shape index (κ3) is 4.12. The largest absolute Gasteiger partial charge is 0.337 e. The molecule has 7 nitrogen and oxygen atoms in total. The van der Waals surface area contributed by atoms with E-state index in [1.807, 2.05) is 59.8 Å². The Morgan fingerprint density at radius 3 is 2.67 bits per heavy atom. The van der Waals surface area contributed by atoms with Gasteiger partial charge < -0.3 is 15.1 Å². The van der Waals surface area contributed by atoms with Gasteiger partial charge in [-0.05, 0) is 51.7 Å². The van der Waals surface area contributed by atoms with Crippen LogP contribution in [0.5, 0.6) is 0 Å². The number of hydrogen-bond acceptors (Lipinski definition) is 6. The third-order valence-corrected chi connectivity index (χ3v) is 6.78. The summed E-state index contributed by atoms with van der Waals surface area (Å²) in [5, 5.41) is 3.27. The number of carbonyl (C=O) groups excluding carboxylic acids is 1. The predicted octanol–water partition coefficient (Wildman–Crippen LogP) is 3.99. The Hall–Kier alpha value is -3.58. The number of anilines is 2. The van der Waals surface area contributed by atoms with Crippen LogP contribution in [0.1, 0.15) is 34.8 Å².